The fourth-order valence-electron chi connectivity index (χ4n) is 7.83. The normalized spacial score (nSPS) is 13.6. The van der Waals surface area contributed by atoms with Crippen molar-refractivity contribution in [2.75, 3.05) is 12.5 Å². The van der Waals surface area contributed by atoms with Gasteiger partial charge in [-0.05, 0) is 65.1 Å². The van der Waals surface area contributed by atoms with E-state index in [2.05, 4.69) is 140 Å². The molecule has 0 radical (unpaired) electrons. The maximum Gasteiger partial charge on any atom is 0.164 e. The van der Waals surface area contributed by atoms with Gasteiger partial charge >= 0.3 is 0 Å². The van der Waals surface area contributed by atoms with Gasteiger partial charge in [0.1, 0.15) is 11.2 Å². The van der Waals surface area contributed by atoms with Crippen LogP contribution in [0.4, 0.5) is 0 Å². The van der Waals surface area contributed by atoms with Crippen molar-refractivity contribution in [2.45, 2.75) is 9.79 Å². The summed E-state index contributed by atoms with van der Waals surface area (Å²) < 4.78 is 6.64. The number of furan rings is 1. The van der Waals surface area contributed by atoms with Crippen LogP contribution in [0, 0.1) is 0 Å². The van der Waals surface area contributed by atoms with Crippen LogP contribution in [0.15, 0.2) is 178 Å². The number of hydrogen-bond donors (Lipinski definition) is 0. The number of fused-ring (bicyclic) bond motifs is 6. The van der Waals surface area contributed by atoms with Crippen molar-refractivity contribution >= 4 is 32.0 Å². The molecule has 3 heterocycles. The average Bonchev–Trinajstić information content (AvgIpc) is 3.71. The van der Waals surface area contributed by atoms with E-state index in [9.17, 15) is 0 Å². The van der Waals surface area contributed by atoms with Crippen molar-refractivity contribution in [3.8, 4) is 67.5 Å². The molecule has 2 aromatic heterocycles. The van der Waals surface area contributed by atoms with E-state index in [0.717, 1.165) is 49.8 Å². The van der Waals surface area contributed by atoms with Crippen molar-refractivity contribution in [3.05, 3.63) is 164 Å². The van der Waals surface area contributed by atoms with Crippen molar-refractivity contribution in [2.24, 2.45) is 0 Å². The number of rotatable bonds is 5. The highest BCUT2D eigenvalue weighted by Gasteiger charge is 2.36. The lowest BCUT2D eigenvalue weighted by Gasteiger charge is -2.30. The minimum atomic E-state index is -1.36. The van der Waals surface area contributed by atoms with Gasteiger partial charge in [0, 0.05) is 48.4 Å². The van der Waals surface area contributed by atoms with E-state index in [4.69, 9.17) is 19.4 Å². The summed E-state index contributed by atoms with van der Waals surface area (Å²) in [6.07, 6.45) is 4.83. The molecule has 0 bridgehead atoms. The lowest BCUT2D eigenvalue weighted by molar-refractivity contribution is 0.670. The molecule has 7 aromatic carbocycles. The van der Waals surface area contributed by atoms with Crippen LogP contribution >= 0.6 is 10.0 Å². The number of benzene rings is 7. The van der Waals surface area contributed by atoms with Crippen LogP contribution in [-0.4, -0.2) is 27.5 Å². The molecule has 0 atom stereocenters. The quantitative estimate of drug-likeness (QED) is 0.181. The topological polar surface area (TPSA) is 51.8 Å². The summed E-state index contributed by atoms with van der Waals surface area (Å²) >= 11 is 0. The van der Waals surface area contributed by atoms with E-state index >= 15 is 0 Å². The van der Waals surface area contributed by atoms with Gasteiger partial charge in [-0.25, -0.2) is 15.0 Å². The fraction of sp³-hybridized carbons (Fsp3) is 0.0426. The van der Waals surface area contributed by atoms with Gasteiger partial charge in [-0.3, -0.25) is 0 Å². The van der Waals surface area contributed by atoms with Gasteiger partial charge in [0.05, 0.1) is 0 Å². The summed E-state index contributed by atoms with van der Waals surface area (Å²) in [5, 5.41) is 2.02. The highest BCUT2D eigenvalue weighted by Crippen LogP contribution is 2.70. The second-order valence-electron chi connectivity index (χ2n) is 13.6. The Hall–Kier alpha value is -6.30. The Morgan fingerprint density at radius 1 is 0.423 bits per heavy atom. The zero-order valence-electron chi connectivity index (χ0n) is 28.7. The summed E-state index contributed by atoms with van der Waals surface area (Å²) in [5.41, 5.74) is 11.6. The molecule has 0 fully saturated rings. The molecule has 52 heavy (non-hydrogen) atoms. The first-order valence-corrected chi connectivity index (χ1v) is 19.9. The summed E-state index contributed by atoms with van der Waals surface area (Å²) in [6, 6.07) is 57.2. The first kappa shape index (κ1) is 30.5. The van der Waals surface area contributed by atoms with Crippen LogP contribution in [0.5, 0.6) is 0 Å². The van der Waals surface area contributed by atoms with E-state index in [1.165, 1.54) is 32.0 Å². The van der Waals surface area contributed by atoms with E-state index < -0.39 is 10.0 Å². The second-order valence-corrected chi connectivity index (χ2v) is 17.1. The number of nitrogens with zero attached hydrogens (tertiary/aromatic N) is 3. The van der Waals surface area contributed by atoms with E-state index in [0.29, 0.717) is 17.5 Å². The predicted octanol–water partition coefficient (Wildman–Crippen LogP) is 12.6. The molecule has 0 N–H and O–H groups in total. The van der Waals surface area contributed by atoms with Gasteiger partial charge in [0.15, 0.2) is 17.5 Å². The van der Waals surface area contributed by atoms with Gasteiger partial charge in [-0.2, -0.15) is 10.0 Å². The zero-order chi connectivity index (χ0) is 34.8. The molecule has 0 amide bonds. The molecule has 1 aliphatic rings. The van der Waals surface area contributed by atoms with E-state index in [-0.39, 0.29) is 0 Å². The Morgan fingerprint density at radius 3 is 1.67 bits per heavy atom. The Kier molecular flexibility index (Phi) is 6.98. The molecule has 10 rings (SSSR count). The summed E-state index contributed by atoms with van der Waals surface area (Å²) in [5.74, 6) is 1.89. The molecule has 1 aliphatic heterocycles. The number of aromatic nitrogens is 3. The molecule has 0 saturated heterocycles. The Labute approximate surface area is 303 Å². The largest absolute Gasteiger partial charge is 0.455 e. The second kappa shape index (κ2) is 11.9. The van der Waals surface area contributed by atoms with Crippen molar-refractivity contribution in [1.82, 2.24) is 15.0 Å². The molecule has 0 aliphatic carbocycles. The van der Waals surface area contributed by atoms with Crippen molar-refractivity contribution in [1.29, 1.82) is 0 Å². The lowest BCUT2D eigenvalue weighted by atomic mass is 9.94. The van der Waals surface area contributed by atoms with Gasteiger partial charge in [0.2, 0.25) is 0 Å². The van der Waals surface area contributed by atoms with Crippen LogP contribution in [0.2, 0.25) is 0 Å². The smallest absolute Gasteiger partial charge is 0.164 e. The molecule has 248 valence electrons. The minimum absolute atomic E-state index is 0.610. The molecule has 5 heteroatoms. The maximum absolute atomic E-state index is 6.64. The summed E-state index contributed by atoms with van der Waals surface area (Å²) in [4.78, 5) is 18.6. The van der Waals surface area contributed by atoms with Crippen LogP contribution in [0.1, 0.15) is 0 Å². The van der Waals surface area contributed by atoms with Gasteiger partial charge in [-0.1, -0.05) is 133 Å². The lowest BCUT2D eigenvalue weighted by Crippen LogP contribution is -2.02. The molecular weight excluding hydrogens is 655 g/mol. The van der Waals surface area contributed by atoms with Crippen LogP contribution in [-0.2, 0) is 0 Å². The SMILES string of the molecule is CS1(C)c2ccccc2-c2c(-c3nc(-c4ccccc4)nc(-c4ccc(-c5ccccc5)c5oc6ccccc6c45)n3)ccc(-c3ccccc3)c21. The molecule has 9 aromatic rings. The minimum Gasteiger partial charge on any atom is -0.455 e. The van der Waals surface area contributed by atoms with E-state index in [1.807, 2.05) is 36.4 Å². The Balaban J connectivity index is 1.28. The third-order valence-corrected chi connectivity index (χ3v) is 13.1. The fourth-order valence-corrected chi connectivity index (χ4v) is 10.7. The van der Waals surface area contributed by atoms with Gasteiger partial charge < -0.3 is 4.42 Å². The first-order valence-electron chi connectivity index (χ1n) is 17.4. The molecular formula is C47H33N3OS. The first-order chi connectivity index (χ1) is 25.6. The highest BCUT2D eigenvalue weighted by molar-refractivity contribution is 8.33. The van der Waals surface area contributed by atoms with Gasteiger partial charge in [0.25, 0.3) is 0 Å². The average molecular weight is 688 g/mol. The van der Waals surface area contributed by atoms with Crippen LogP contribution < -0.4 is 0 Å². The van der Waals surface area contributed by atoms with Crippen molar-refractivity contribution < 1.29 is 4.42 Å². The molecule has 4 nitrogen and oxygen atoms in total. The number of para-hydroxylation sites is 1. The molecule has 0 spiro atoms. The van der Waals surface area contributed by atoms with Crippen LogP contribution in [0.3, 0.4) is 0 Å². The standard InChI is InChI=1S/C47H33N3OS/c1-52(2)40-25-15-13-23-36(40)42-38(29-27-34(44(42)52)31-18-8-4-9-19-31)47-49-45(32-20-10-5-11-21-32)48-46(50-47)37-28-26-33(30-16-6-3-7-17-30)43-41(37)35-22-12-14-24-39(35)51-43/h3-29H,1-2H3. The third kappa shape index (κ3) is 4.74. The Morgan fingerprint density at radius 2 is 0.942 bits per heavy atom. The third-order valence-electron chi connectivity index (χ3n) is 10.2. The Bertz CT molecular complexity index is 2810. The van der Waals surface area contributed by atoms with Crippen LogP contribution in [0.25, 0.3) is 89.5 Å². The molecule has 0 unspecified atom stereocenters. The highest BCUT2D eigenvalue weighted by atomic mass is 32.3. The maximum atomic E-state index is 6.64. The predicted molar refractivity (Wildman–Crippen MR) is 216 cm³/mol. The van der Waals surface area contributed by atoms with Gasteiger partial charge in [-0.15, -0.1) is 0 Å². The summed E-state index contributed by atoms with van der Waals surface area (Å²) in [6.45, 7) is 0. The monoisotopic (exact) mass is 687 g/mol. The molecule has 0 saturated carbocycles. The number of hydrogen-bond acceptors (Lipinski definition) is 4. The van der Waals surface area contributed by atoms with E-state index in [1.54, 1.807) is 0 Å². The van der Waals surface area contributed by atoms with Crippen molar-refractivity contribution in [3.63, 3.8) is 0 Å². The zero-order valence-corrected chi connectivity index (χ0v) is 29.6. The summed E-state index contributed by atoms with van der Waals surface area (Å²) in [7, 11) is -1.36.